The molecule has 0 spiro atoms. The smallest absolute Gasteiger partial charge is 0.245 e. The summed E-state index contributed by atoms with van der Waals surface area (Å²) < 4.78 is 0. The van der Waals surface area contributed by atoms with Crippen LogP contribution in [0.15, 0.2) is 12.7 Å². The maximum absolute atomic E-state index is 11.1. The van der Waals surface area contributed by atoms with Gasteiger partial charge in [0.25, 0.3) is 0 Å². The zero-order chi connectivity index (χ0) is 11.0. The first-order chi connectivity index (χ1) is 6.65. The summed E-state index contributed by atoms with van der Waals surface area (Å²) in [6.45, 7) is 11.8. The van der Waals surface area contributed by atoms with Gasteiger partial charge in [-0.3, -0.25) is 4.79 Å². The molecule has 1 amide bonds. The summed E-state index contributed by atoms with van der Waals surface area (Å²) in [4.78, 5) is 12.9. The van der Waals surface area contributed by atoms with Crippen molar-refractivity contribution in [1.29, 1.82) is 0 Å². The van der Waals surface area contributed by atoms with Gasteiger partial charge >= 0.3 is 0 Å². The van der Waals surface area contributed by atoms with Crippen molar-refractivity contribution in [3.63, 3.8) is 0 Å². The highest BCUT2D eigenvalue weighted by Crippen LogP contribution is 2.15. The third-order valence-corrected chi connectivity index (χ3v) is 2.27. The van der Waals surface area contributed by atoms with Crippen LogP contribution in [-0.2, 0) is 4.79 Å². The van der Waals surface area contributed by atoms with E-state index in [1.165, 1.54) is 12.5 Å². The molecule has 1 rings (SSSR count). The fourth-order valence-electron chi connectivity index (χ4n) is 1.36. The van der Waals surface area contributed by atoms with E-state index in [-0.39, 0.29) is 5.91 Å². The number of hydrogen-bond acceptors (Lipinski definition) is 1. The highest BCUT2D eigenvalue weighted by atomic mass is 16.2. The van der Waals surface area contributed by atoms with Crippen LogP contribution < -0.4 is 0 Å². The van der Waals surface area contributed by atoms with Crippen molar-refractivity contribution in [2.75, 3.05) is 13.1 Å². The lowest BCUT2D eigenvalue weighted by molar-refractivity contribution is -0.127. The third-order valence-electron chi connectivity index (χ3n) is 2.27. The number of nitrogens with zero attached hydrogens (tertiary/aromatic N) is 1. The van der Waals surface area contributed by atoms with Crippen molar-refractivity contribution < 1.29 is 4.79 Å². The average molecular weight is 197 g/mol. The molecular weight excluding hydrogens is 174 g/mol. The van der Waals surface area contributed by atoms with Gasteiger partial charge in [-0.15, -0.1) is 0 Å². The summed E-state index contributed by atoms with van der Waals surface area (Å²) in [6, 6.07) is 0. The van der Waals surface area contributed by atoms with Gasteiger partial charge in [-0.2, -0.15) is 0 Å². The van der Waals surface area contributed by atoms with Crippen molar-refractivity contribution in [3.8, 4) is 0 Å². The largest absolute Gasteiger partial charge is 0.339 e. The topological polar surface area (TPSA) is 20.3 Å². The van der Waals surface area contributed by atoms with E-state index >= 15 is 0 Å². The molecule has 0 aliphatic carbocycles. The van der Waals surface area contributed by atoms with Gasteiger partial charge in [0.2, 0.25) is 5.91 Å². The number of carbonyl (C=O) groups is 1. The summed E-state index contributed by atoms with van der Waals surface area (Å²) in [6.07, 6.45) is 4.93. The molecule has 1 aliphatic heterocycles. The lowest BCUT2D eigenvalue weighted by atomic mass is 9.99. The molecule has 0 bridgehead atoms. The van der Waals surface area contributed by atoms with Gasteiger partial charge in [-0.1, -0.05) is 33.8 Å². The van der Waals surface area contributed by atoms with E-state index in [0.29, 0.717) is 0 Å². The van der Waals surface area contributed by atoms with E-state index < -0.39 is 0 Å². The second-order valence-corrected chi connectivity index (χ2v) is 3.92. The minimum atomic E-state index is 0.0805. The highest BCUT2D eigenvalue weighted by molar-refractivity contribution is 5.87. The second kappa shape index (κ2) is 7.60. The minimum Gasteiger partial charge on any atom is -0.339 e. The number of hydrogen-bond donors (Lipinski definition) is 0. The van der Waals surface area contributed by atoms with Crippen molar-refractivity contribution in [2.24, 2.45) is 5.92 Å². The molecule has 0 unspecified atom stereocenters. The Bertz CT molecular complexity index is 169. The van der Waals surface area contributed by atoms with Gasteiger partial charge in [-0.25, -0.2) is 0 Å². The first kappa shape index (κ1) is 13.2. The Balaban J connectivity index is 0.000000500. The lowest BCUT2D eigenvalue weighted by Gasteiger charge is -2.29. The number of rotatable bonds is 1. The fraction of sp³-hybridized carbons (Fsp3) is 0.750. The predicted molar refractivity (Wildman–Crippen MR) is 61.1 cm³/mol. The van der Waals surface area contributed by atoms with Gasteiger partial charge in [0.15, 0.2) is 0 Å². The maximum Gasteiger partial charge on any atom is 0.245 e. The van der Waals surface area contributed by atoms with E-state index in [0.717, 1.165) is 31.8 Å². The number of likely N-dealkylation sites (tertiary alicyclic amines) is 1. The van der Waals surface area contributed by atoms with E-state index in [9.17, 15) is 4.79 Å². The van der Waals surface area contributed by atoms with Crippen LogP contribution in [0.25, 0.3) is 0 Å². The van der Waals surface area contributed by atoms with Crippen LogP contribution in [-0.4, -0.2) is 23.9 Å². The van der Waals surface area contributed by atoms with Gasteiger partial charge in [-0.05, 0) is 24.8 Å². The average Bonchev–Trinajstić information content (AvgIpc) is 2.19. The Kier molecular flexibility index (Phi) is 7.17. The summed E-state index contributed by atoms with van der Waals surface area (Å²) >= 11 is 0. The van der Waals surface area contributed by atoms with Crippen molar-refractivity contribution in [1.82, 2.24) is 4.90 Å². The summed E-state index contributed by atoms with van der Waals surface area (Å²) in [5.74, 6) is 0.862. The van der Waals surface area contributed by atoms with E-state index in [2.05, 4.69) is 27.4 Å². The van der Waals surface area contributed by atoms with E-state index in [1.807, 2.05) is 4.90 Å². The molecule has 14 heavy (non-hydrogen) atoms. The highest BCUT2D eigenvalue weighted by Gasteiger charge is 2.17. The van der Waals surface area contributed by atoms with Crippen LogP contribution in [0.5, 0.6) is 0 Å². The Hall–Kier alpha value is -0.790. The Morgan fingerprint density at radius 1 is 1.43 bits per heavy atom. The Morgan fingerprint density at radius 2 is 1.86 bits per heavy atom. The lowest BCUT2D eigenvalue weighted by Crippen LogP contribution is -2.36. The maximum atomic E-state index is 11.1. The van der Waals surface area contributed by atoms with Crippen LogP contribution in [0.3, 0.4) is 0 Å². The number of amides is 1. The van der Waals surface area contributed by atoms with Gasteiger partial charge in [0, 0.05) is 13.1 Å². The zero-order valence-corrected chi connectivity index (χ0v) is 9.75. The molecule has 2 heteroatoms. The van der Waals surface area contributed by atoms with Crippen molar-refractivity contribution in [2.45, 2.75) is 40.0 Å². The molecule has 0 aromatic carbocycles. The molecule has 0 aromatic rings. The van der Waals surface area contributed by atoms with Crippen LogP contribution >= 0.6 is 0 Å². The summed E-state index contributed by atoms with van der Waals surface area (Å²) in [5.41, 5.74) is 0. The summed E-state index contributed by atoms with van der Waals surface area (Å²) in [5, 5.41) is 0. The molecular formula is C12H23NO. The van der Waals surface area contributed by atoms with E-state index in [4.69, 9.17) is 0 Å². The SMILES string of the molecule is C=CC(=O)N1CCC(C)CC1.CCC. The molecule has 0 radical (unpaired) electrons. The first-order valence-corrected chi connectivity index (χ1v) is 5.57. The Labute approximate surface area is 88.0 Å². The van der Waals surface area contributed by atoms with Crippen molar-refractivity contribution >= 4 is 5.91 Å². The molecule has 2 nitrogen and oxygen atoms in total. The van der Waals surface area contributed by atoms with E-state index in [1.54, 1.807) is 0 Å². The minimum absolute atomic E-state index is 0.0805. The molecule has 1 aliphatic rings. The molecule has 0 saturated carbocycles. The van der Waals surface area contributed by atoms with Crippen LogP contribution in [0.1, 0.15) is 40.0 Å². The monoisotopic (exact) mass is 197 g/mol. The van der Waals surface area contributed by atoms with Gasteiger partial charge < -0.3 is 4.90 Å². The molecule has 0 N–H and O–H groups in total. The standard InChI is InChI=1S/C9H15NO.C3H8/c1-3-9(11)10-6-4-8(2)5-7-10;1-3-2/h3,8H,1,4-7H2,2H3;3H2,1-2H3. The van der Waals surface area contributed by atoms with Crippen LogP contribution in [0, 0.1) is 5.92 Å². The quantitative estimate of drug-likeness (QED) is 0.592. The molecule has 1 saturated heterocycles. The fourth-order valence-corrected chi connectivity index (χ4v) is 1.36. The van der Waals surface area contributed by atoms with Crippen LogP contribution in [0.4, 0.5) is 0 Å². The number of carbonyl (C=O) groups excluding carboxylic acids is 1. The second-order valence-electron chi connectivity index (χ2n) is 3.92. The molecule has 82 valence electrons. The Morgan fingerprint density at radius 3 is 2.21 bits per heavy atom. The van der Waals surface area contributed by atoms with Crippen molar-refractivity contribution in [3.05, 3.63) is 12.7 Å². The predicted octanol–water partition coefficient (Wildman–Crippen LogP) is 2.85. The molecule has 0 aromatic heterocycles. The molecule has 1 heterocycles. The normalized spacial score (nSPS) is 16.9. The first-order valence-electron chi connectivity index (χ1n) is 5.57. The molecule has 0 atom stereocenters. The summed E-state index contributed by atoms with van der Waals surface area (Å²) in [7, 11) is 0. The number of piperidine rings is 1. The van der Waals surface area contributed by atoms with Gasteiger partial charge in [0.1, 0.15) is 0 Å². The third kappa shape index (κ3) is 5.05. The van der Waals surface area contributed by atoms with Crippen LogP contribution in [0.2, 0.25) is 0 Å². The molecule has 1 fully saturated rings. The van der Waals surface area contributed by atoms with Gasteiger partial charge in [0.05, 0.1) is 0 Å². The zero-order valence-electron chi connectivity index (χ0n) is 9.75.